The molecule has 1 saturated heterocycles. The molecular weight excluding hydrogens is 354 g/mol. The molecule has 1 heterocycles. The van der Waals surface area contributed by atoms with Gasteiger partial charge in [0.15, 0.2) is 0 Å². The third kappa shape index (κ3) is 4.83. The van der Waals surface area contributed by atoms with Crippen molar-refractivity contribution in [3.63, 3.8) is 0 Å². The van der Waals surface area contributed by atoms with Gasteiger partial charge in [0.05, 0.1) is 0 Å². The Bertz CT molecular complexity index is 759. The predicted octanol–water partition coefficient (Wildman–Crippen LogP) is 3.82. The highest BCUT2D eigenvalue weighted by Gasteiger charge is 2.22. The maximum Gasteiger partial charge on any atom is 0.254 e. The van der Waals surface area contributed by atoms with Crippen LogP contribution >= 0.6 is 11.8 Å². The number of thioether (sulfide) groups is 1. The Labute approximate surface area is 157 Å². The fourth-order valence-corrected chi connectivity index (χ4v) is 3.82. The van der Waals surface area contributed by atoms with E-state index in [1.807, 2.05) is 0 Å². The SMILES string of the molecule is Cc1ccc(C(=O)N2CCN(CCSc3ccc(F)cc3)CC2)cc1F. The van der Waals surface area contributed by atoms with Crippen molar-refractivity contribution in [3.8, 4) is 0 Å². The van der Waals surface area contributed by atoms with E-state index in [1.54, 1.807) is 47.9 Å². The van der Waals surface area contributed by atoms with E-state index in [0.29, 0.717) is 24.2 Å². The van der Waals surface area contributed by atoms with Crippen LogP contribution in [0.4, 0.5) is 8.78 Å². The Morgan fingerprint density at radius 2 is 1.73 bits per heavy atom. The van der Waals surface area contributed by atoms with Crippen LogP contribution in [0.3, 0.4) is 0 Å². The summed E-state index contributed by atoms with van der Waals surface area (Å²) >= 11 is 1.70. The van der Waals surface area contributed by atoms with Crippen molar-refractivity contribution >= 4 is 17.7 Å². The molecule has 0 N–H and O–H groups in total. The van der Waals surface area contributed by atoms with Gasteiger partial charge in [-0.05, 0) is 48.9 Å². The van der Waals surface area contributed by atoms with Gasteiger partial charge in [-0.2, -0.15) is 0 Å². The first-order chi connectivity index (χ1) is 12.5. The van der Waals surface area contributed by atoms with Crippen molar-refractivity contribution in [2.45, 2.75) is 11.8 Å². The average molecular weight is 376 g/mol. The number of aryl methyl sites for hydroxylation is 1. The smallest absolute Gasteiger partial charge is 0.254 e. The molecule has 0 atom stereocenters. The Kier molecular flexibility index (Phi) is 6.27. The molecule has 0 unspecified atom stereocenters. The average Bonchev–Trinajstić information content (AvgIpc) is 2.65. The molecule has 0 bridgehead atoms. The zero-order chi connectivity index (χ0) is 18.5. The molecule has 1 aliphatic rings. The minimum absolute atomic E-state index is 0.107. The van der Waals surface area contributed by atoms with Crippen LogP contribution in [0, 0.1) is 18.6 Å². The number of halogens is 2. The number of hydrogen-bond acceptors (Lipinski definition) is 3. The summed E-state index contributed by atoms with van der Waals surface area (Å²) in [5, 5.41) is 0. The van der Waals surface area contributed by atoms with E-state index >= 15 is 0 Å². The third-order valence-corrected chi connectivity index (χ3v) is 5.56. The fourth-order valence-electron chi connectivity index (χ4n) is 2.91. The highest BCUT2D eigenvalue weighted by molar-refractivity contribution is 7.99. The third-order valence-electron chi connectivity index (χ3n) is 4.57. The molecule has 0 saturated carbocycles. The molecule has 2 aromatic rings. The van der Waals surface area contributed by atoms with Crippen molar-refractivity contribution in [3.05, 3.63) is 65.2 Å². The molecule has 3 rings (SSSR count). The van der Waals surface area contributed by atoms with Gasteiger partial charge in [0.2, 0.25) is 0 Å². The van der Waals surface area contributed by atoms with Gasteiger partial charge in [-0.3, -0.25) is 9.69 Å². The van der Waals surface area contributed by atoms with E-state index in [0.717, 1.165) is 30.3 Å². The Morgan fingerprint density at radius 1 is 1.04 bits per heavy atom. The predicted molar refractivity (Wildman–Crippen MR) is 101 cm³/mol. The molecule has 1 amide bonds. The van der Waals surface area contributed by atoms with Crippen LogP contribution in [0.1, 0.15) is 15.9 Å². The van der Waals surface area contributed by atoms with Crippen LogP contribution < -0.4 is 0 Å². The normalized spacial score (nSPS) is 15.3. The Balaban J connectivity index is 1.44. The van der Waals surface area contributed by atoms with E-state index < -0.39 is 0 Å². The molecule has 0 spiro atoms. The highest BCUT2D eigenvalue weighted by Crippen LogP contribution is 2.19. The van der Waals surface area contributed by atoms with E-state index in [1.165, 1.54) is 18.2 Å². The second kappa shape index (κ2) is 8.64. The minimum atomic E-state index is -0.340. The van der Waals surface area contributed by atoms with Gasteiger partial charge in [-0.25, -0.2) is 8.78 Å². The number of amides is 1. The molecule has 1 fully saturated rings. The molecular formula is C20H22F2N2OS. The lowest BCUT2D eigenvalue weighted by atomic mass is 10.1. The topological polar surface area (TPSA) is 23.6 Å². The standard InChI is InChI=1S/C20H22F2N2OS/c1-15-2-3-16(14-19(15)22)20(25)24-10-8-23(9-11-24)12-13-26-18-6-4-17(21)5-7-18/h2-7,14H,8-13H2,1H3. The first-order valence-electron chi connectivity index (χ1n) is 8.69. The summed E-state index contributed by atoms with van der Waals surface area (Å²) in [6.07, 6.45) is 0. The van der Waals surface area contributed by atoms with Gasteiger partial charge in [0.25, 0.3) is 5.91 Å². The van der Waals surface area contributed by atoms with Crippen LogP contribution in [0.5, 0.6) is 0 Å². The van der Waals surface area contributed by atoms with Gasteiger partial charge in [-0.15, -0.1) is 11.8 Å². The summed E-state index contributed by atoms with van der Waals surface area (Å²) in [7, 11) is 0. The zero-order valence-corrected chi connectivity index (χ0v) is 15.6. The van der Waals surface area contributed by atoms with Crippen LogP contribution in [0.15, 0.2) is 47.4 Å². The van der Waals surface area contributed by atoms with Crippen molar-refractivity contribution in [2.24, 2.45) is 0 Å². The van der Waals surface area contributed by atoms with Crippen LogP contribution in [0.25, 0.3) is 0 Å². The molecule has 138 valence electrons. The summed E-state index contributed by atoms with van der Waals surface area (Å²) in [6.45, 7) is 5.52. The van der Waals surface area contributed by atoms with Crippen LogP contribution in [-0.2, 0) is 0 Å². The summed E-state index contributed by atoms with van der Waals surface area (Å²) in [4.78, 5) is 17.7. The van der Waals surface area contributed by atoms with Crippen molar-refractivity contribution in [1.29, 1.82) is 0 Å². The summed E-state index contributed by atoms with van der Waals surface area (Å²) in [5.74, 6) is 0.253. The molecule has 3 nitrogen and oxygen atoms in total. The molecule has 0 radical (unpaired) electrons. The molecule has 26 heavy (non-hydrogen) atoms. The first kappa shape index (κ1) is 18.9. The molecule has 6 heteroatoms. The lowest BCUT2D eigenvalue weighted by molar-refractivity contribution is 0.0644. The summed E-state index contributed by atoms with van der Waals surface area (Å²) < 4.78 is 26.6. The monoisotopic (exact) mass is 376 g/mol. The number of rotatable bonds is 5. The largest absolute Gasteiger partial charge is 0.336 e. The quantitative estimate of drug-likeness (QED) is 0.741. The van der Waals surface area contributed by atoms with Crippen molar-refractivity contribution < 1.29 is 13.6 Å². The number of carbonyl (C=O) groups excluding carboxylic acids is 1. The van der Waals surface area contributed by atoms with E-state index in [4.69, 9.17) is 0 Å². The number of nitrogens with zero attached hydrogens (tertiary/aromatic N) is 2. The molecule has 0 aromatic heterocycles. The number of piperazine rings is 1. The number of carbonyl (C=O) groups is 1. The fraction of sp³-hybridized carbons (Fsp3) is 0.350. The summed E-state index contributed by atoms with van der Waals surface area (Å²) in [6, 6.07) is 11.2. The van der Waals surface area contributed by atoms with Gasteiger partial charge in [0, 0.05) is 48.9 Å². The summed E-state index contributed by atoms with van der Waals surface area (Å²) in [5.41, 5.74) is 0.957. The first-order valence-corrected chi connectivity index (χ1v) is 9.67. The van der Waals surface area contributed by atoms with E-state index in [9.17, 15) is 13.6 Å². The molecule has 2 aromatic carbocycles. The van der Waals surface area contributed by atoms with Gasteiger partial charge < -0.3 is 4.90 Å². The van der Waals surface area contributed by atoms with Crippen molar-refractivity contribution in [2.75, 3.05) is 38.5 Å². The zero-order valence-electron chi connectivity index (χ0n) is 14.8. The minimum Gasteiger partial charge on any atom is -0.336 e. The molecule has 1 aliphatic heterocycles. The lowest BCUT2D eigenvalue weighted by Crippen LogP contribution is -2.49. The lowest BCUT2D eigenvalue weighted by Gasteiger charge is -2.34. The number of benzene rings is 2. The molecule has 0 aliphatic carbocycles. The Morgan fingerprint density at radius 3 is 2.38 bits per heavy atom. The van der Waals surface area contributed by atoms with Gasteiger partial charge >= 0.3 is 0 Å². The van der Waals surface area contributed by atoms with E-state index in [-0.39, 0.29) is 17.5 Å². The van der Waals surface area contributed by atoms with Crippen LogP contribution in [0.2, 0.25) is 0 Å². The van der Waals surface area contributed by atoms with E-state index in [2.05, 4.69) is 4.90 Å². The van der Waals surface area contributed by atoms with Gasteiger partial charge in [0.1, 0.15) is 11.6 Å². The highest BCUT2D eigenvalue weighted by atomic mass is 32.2. The second-order valence-corrected chi connectivity index (χ2v) is 7.57. The van der Waals surface area contributed by atoms with Gasteiger partial charge in [-0.1, -0.05) is 6.07 Å². The maximum atomic E-state index is 13.7. The Hall–Kier alpha value is -1.92. The van der Waals surface area contributed by atoms with Crippen LogP contribution in [-0.4, -0.2) is 54.2 Å². The maximum absolute atomic E-state index is 13.7. The number of hydrogen-bond donors (Lipinski definition) is 0. The van der Waals surface area contributed by atoms with Crippen molar-refractivity contribution in [1.82, 2.24) is 9.80 Å². The second-order valence-electron chi connectivity index (χ2n) is 6.40.